The molecule has 0 bridgehead atoms. The van der Waals surface area contributed by atoms with Gasteiger partial charge in [0.15, 0.2) is 0 Å². The maximum absolute atomic E-state index is 12.6. The lowest BCUT2D eigenvalue weighted by Crippen LogP contribution is -2.41. The van der Waals surface area contributed by atoms with Gasteiger partial charge in [0.1, 0.15) is 11.2 Å². The van der Waals surface area contributed by atoms with Crippen LogP contribution in [0.25, 0.3) is 21.9 Å². The highest BCUT2D eigenvalue weighted by molar-refractivity contribution is 7.89. The number of benzene rings is 3. The molecule has 0 unspecified atom stereocenters. The fraction of sp³-hybridized carbons (Fsp3) is 0.130. The molecule has 4 aromatic rings. The van der Waals surface area contributed by atoms with E-state index in [1.807, 2.05) is 24.3 Å². The summed E-state index contributed by atoms with van der Waals surface area (Å²) in [6.07, 6.45) is 0. The van der Waals surface area contributed by atoms with E-state index in [0.717, 1.165) is 16.4 Å². The second kappa shape index (κ2) is 8.45. The molecule has 0 fully saturated rings. The Balaban J connectivity index is 1.47. The summed E-state index contributed by atoms with van der Waals surface area (Å²) in [5.41, 5.74) is 2.45. The molecule has 9 heteroatoms. The molecule has 0 radical (unpaired) electrons. The first kappa shape index (κ1) is 21.5. The SMILES string of the molecule is CC(=O)Nc1ccc(S(=O)(=O)N[C@@H](C)C(=O)Nc2ccc3oc4ccccc4c3c2)cc1. The fourth-order valence-electron chi connectivity index (χ4n) is 3.33. The van der Waals surface area contributed by atoms with Gasteiger partial charge in [-0.1, -0.05) is 18.2 Å². The van der Waals surface area contributed by atoms with Crippen LogP contribution in [0.2, 0.25) is 0 Å². The van der Waals surface area contributed by atoms with Crippen molar-refractivity contribution in [3.05, 3.63) is 66.7 Å². The third-order valence-corrected chi connectivity index (χ3v) is 6.41. The zero-order valence-corrected chi connectivity index (χ0v) is 18.2. The average molecular weight is 452 g/mol. The molecule has 1 aromatic heterocycles. The molecule has 2 amide bonds. The van der Waals surface area contributed by atoms with Crippen molar-refractivity contribution in [1.82, 2.24) is 4.72 Å². The zero-order chi connectivity index (χ0) is 22.9. The third-order valence-electron chi connectivity index (χ3n) is 4.85. The minimum Gasteiger partial charge on any atom is -0.456 e. The monoisotopic (exact) mass is 451 g/mol. The number of sulfonamides is 1. The van der Waals surface area contributed by atoms with Crippen LogP contribution in [0.3, 0.4) is 0 Å². The summed E-state index contributed by atoms with van der Waals surface area (Å²) in [4.78, 5) is 23.7. The predicted molar refractivity (Wildman–Crippen MR) is 123 cm³/mol. The van der Waals surface area contributed by atoms with Crippen molar-refractivity contribution in [2.24, 2.45) is 0 Å². The van der Waals surface area contributed by atoms with E-state index < -0.39 is 22.0 Å². The summed E-state index contributed by atoms with van der Waals surface area (Å²) in [5.74, 6) is -0.763. The van der Waals surface area contributed by atoms with Crippen molar-refractivity contribution < 1.29 is 22.4 Å². The molecular formula is C23H21N3O5S. The Hall–Kier alpha value is -3.69. The number of fused-ring (bicyclic) bond motifs is 3. The summed E-state index contributed by atoms with van der Waals surface area (Å²) in [5, 5.41) is 7.08. The molecule has 4 rings (SSSR count). The van der Waals surface area contributed by atoms with Crippen LogP contribution in [0.4, 0.5) is 11.4 Å². The first-order valence-electron chi connectivity index (χ1n) is 9.85. The van der Waals surface area contributed by atoms with E-state index in [1.165, 1.54) is 38.1 Å². The molecular weight excluding hydrogens is 430 g/mol. The number of hydrogen-bond donors (Lipinski definition) is 3. The minimum absolute atomic E-state index is 0.0162. The Morgan fingerprint density at radius 1 is 0.844 bits per heavy atom. The summed E-state index contributed by atoms with van der Waals surface area (Å²) >= 11 is 0. The van der Waals surface area contributed by atoms with Gasteiger partial charge in [-0.2, -0.15) is 4.72 Å². The maximum atomic E-state index is 12.6. The molecule has 0 saturated heterocycles. The molecule has 0 aliphatic carbocycles. The maximum Gasteiger partial charge on any atom is 0.242 e. The van der Waals surface area contributed by atoms with E-state index in [2.05, 4.69) is 15.4 Å². The molecule has 1 atom stereocenters. The van der Waals surface area contributed by atoms with Crippen LogP contribution in [0.5, 0.6) is 0 Å². The molecule has 32 heavy (non-hydrogen) atoms. The van der Waals surface area contributed by atoms with Crippen molar-refractivity contribution in [3.8, 4) is 0 Å². The van der Waals surface area contributed by atoms with Gasteiger partial charge in [0.25, 0.3) is 0 Å². The highest BCUT2D eigenvalue weighted by atomic mass is 32.2. The molecule has 164 valence electrons. The van der Waals surface area contributed by atoms with Crippen molar-refractivity contribution >= 4 is 55.2 Å². The predicted octanol–water partition coefficient (Wildman–Crippen LogP) is 3.85. The Labute approximate surface area is 184 Å². The number of anilines is 2. The van der Waals surface area contributed by atoms with Gasteiger partial charge >= 0.3 is 0 Å². The lowest BCUT2D eigenvalue weighted by molar-refractivity contribution is -0.117. The summed E-state index contributed by atoms with van der Waals surface area (Å²) in [6.45, 7) is 2.82. The van der Waals surface area contributed by atoms with Gasteiger partial charge in [0, 0.05) is 29.1 Å². The van der Waals surface area contributed by atoms with Crippen LogP contribution in [0.1, 0.15) is 13.8 Å². The molecule has 0 spiro atoms. The third kappa shape index (κ3) is 4.48. The quantitative estimate of drug-likeness (QED) is 0.412. The smallest absolute Gasteiger partial charge is 0.242 e. The van der Waals surface area contributed by atoms with Crippen molar-refractivity contribution in [1.29, 1.82) is 0 Å². The molecule has 3 aromatic carbocycles. The highest BCUT2D eigenvalue weighted by Crippen LogP contribution is 2.30. The van der Waals surface area contributed by atoms with Crippen molar-refractivity contribution in [2.45, 2.75) is 24.8 Å². The molecule has 0 saturated carbocycles. The number of furan rings is 1. The molecule has 0 aliphatic rings. The van der Waals surface area contributed by atoms with Gasteiger partial charge in [0.2, 0.25) is 21.8 Å². The lowest BCUT2D eigenvalue weighted by atomic mass is 10.1. The van der Waals surface area contributed by atoms with Crippen LogP contribution in [0.15, 0.2) is 76.0 Å². The van der Waals surface area contributed by atoms with Gasteiger partial charge in [-0.25, -0.2) is 8.42 Å². The zero-order valence-electron chi connectivity index (χ0n) is 17.4. The van der Waals surface area contributed by atoms with Gasteiger partial charge in [-0.05, 0) is 55.5 Å². The second-order valence-electron chi connectivity index (χ2n) is 7.35. The van der Waals surface area contributed by atoms with E-state index in [-0.39, 0.29) is 10.8 Å². The van der Waals surface area contributed by atoms with Crippen molar-refractivity contribution in [2.75, 3.05) is 10.6 Å². The van der Waals surface area contributed by atoms with Gasteiger partial charge in [-0.15, -0.1) is 0 Å². The van der Waals surface area contributed by atoms with Crippen LogP contribution in [-0.2, 0) is 19.6 Å². The standard InChI is InChI=1S/C23H21N3O5S/c1-14(26-32(29,30)18-10-7-16(8-11-18)24-15(2)27)23(28)25-17-9-12-22-20(13-17)19-5-3-4-6-21(19)31-22/h3-14,26H,1-2H3,(H,24,27)(H,25,28)/t14-/m0/s1. The Kier molecular flexibility index (Phi) is 5.68. The van der Waals surface area contributed by atoms with E-state index in [9.17, 15) is 18.0 Å². The minimum atomic E-state index is -3.94. The summed E-state index contributed by atoms with van der Waals surface area (Å²) in [6, 6.07) is 17.5. The molecule has 3 N–H and O–H groups in total. The van der Waals surface area contributed by atoms with Crippen LogP contribution < -0.4 is 15.4 Å². The Bertz CT molecular complexity index is 1430. The lowest BCUT2D eigenvalue weighted by Gasteiger charge is -2.15. The second-order valence-corrected chi connectivity index (χ2v) is 9.06. The van der Waals surface area contributed by atoms with Gasteiger partial charge in [0.05, 0.1) is 10.9 Å². The van der Waals surface area contributed by atoms with Crippen LogP contribution >= 0.6 is 0 Å². The molecule has 8 nitrogen and oxygen atoms in total. The van der Waals surface area contributed by atoms with Gasteiger partial charge < -0.3 is 15.1 Å². The number of hydrogen-bond acceptors (Lipinski definition) is 5. The fourth-order valence-corrected chi connectivity index (χ4v) is 4.53. The van der Waals surface area contributed by atoms with Crippen LogP contribution in [0, 0.1) is 0 Å². The number of amides is 2. The topological polar surface area (TPSA) is 118 Å². The molecule has 1 heterocycles. The highest BCUT2D eigenvalue weighted by Gasteiger charge is 2.22. The normalized spacial score (nSPS) is 12.6. The van der Waals surface area contributed by atoms with Crippen molar-refractivity contribution in [3.63, 3.8) is 0 Å². The first-order chi connectivity index (χ1) is 15.2. The summed E-state index contributed by atoms with van der Waals surface area (Å²) < 4.78 is 33.4. The number of rotatable bonds is 6. The molecule has 0 aliphatic heterocycles. The van der Waals surface area contributed by atoms with Gasteiger partial charge in [-0.3, -0.25) is 9.59 Å². The average Bonchev–Trinajstić information content (AvgIpc) is 3.11. The van der Waals surface area contributed by atoms with E-state index in [0.29, 0.717) is 17.0 Å². The van der Waals surface area contributed by atoms with E-state index in [4.69, 9.17) is 4.42 Å². The Morgan fingerprint density at radius 3 is 2.22 bits per heavy atom. The largest absolute Gasteiger partial charge is 0.456 e. The Morgan fingerprint density at radius 2 is 1.50 bits per heavy atom. The van der Waals surface area contributed by atoms with E-state index >= 15 is 0 Å². The first-order valence-corrected chi connectivity index (χ1v) is 11.3. The summed E-state index contributed by atoms with van der Waals surface area (Å²) in [7, 11) is -3.94. The number of para-hydroxylation sites is 1. The van der Waals surface area contributed by atoms with Crippen LogP contribution in [-0.4, -0.2) is 26.3 Å². The van der Waals surface area contributed by atoms with E-state index in [1.54, 1.807) is 18.2 Å². The number of nitrogens with one attached hydrogen (secondary N) is 3. The number of carbonyl (C=O) groups excluding carboxylic acids is 2. The number of carbonyl (C=O) groups is 2.